The molecular weight excluding hydrogens is 155 g/mol. The molecule has 64 valence electrons. The van der Waals surface area contributed by atoms with Gasteiger partial charge in [-0.1, -0.05) is 0 Å². The zero-order valence-corrected chi connectivity index (χ0v) is 5.99. The summed E-state index contributed by atoms with van der Waals surface area (Å²) in [6, 6.07) is 0. The van der Waals surface area contributed by atoms with E-state index in [1.807, 2.05) is 0 Å². The lowest BCUT2D eigenvalue weighted by molar-refractivity contribution is -0.241. The van der Waals surface area contributed by atoms with Gasteiger partial charge in [0.15, 0.2) is 0 Å². The van der Waals surface area contributed by atoms with Gasteiger partial charge >= 0.3 is 6.18 Å². The molecule has 2 unspecified atom stereocenters. The summed E-state index contributed by atoms with van der Waals surface area (Å²) >= 11 is 0. The molecule has 0 aromatic carbocycles. The van der Waals surface area contributed by atoms with Crippen LogP contribution in [0.5, 0.6) is 0 Å². The van der Waals surface area contributed by atoms with E-state index in [1.54, 1.807) is 0 Å². The molecule has 0 radical (unpaired) electrons. The molecule has 2 aliphatic heterocycles. The molecule has 2 saturated heterocycles. The number of hydrogen-bond donors (Lipinski definition) is 1. The third kappa shape index (κ3) is 1.04. The maximum Gasteiger partial charge on any atom is 0.392 e. The molecule has 1 nitrogen and oxygen atoms in total. The first-order chi connectivity index (χ1) is 5.09. The summed E-state index contributed by atoms with van der Waals surface area (Å²) in [4.78, 5) is 0. The summed E-state index contributed by atoms with van der Waals surface area (Å²) in [6.07, 6.45) is -3.17. The number of nitrogens with one attached hydrogen (secondary N) is 1. The van der Waals surface area contributed by atoms with E-state index >= 15 is 0 Å². The Morgan fingerprint density at radius 1 is 1.09 bits per heavy atom. The van der Waals surface area contributed by atoms with Gasteiger partial charge in [0, 0.05) is 0 Å². The fourth-order valence-corrected chi connectivity index (χ4v) is 2.28. The molecule has 0 spiro atoms. The maximum absolute atomic E-state index is 12.2. The van der Waals surface area contributed by atoms with E-state index in [-0.39, 0.29) is 11.8 Å². The van der Waals surface area contributed by atoms with Crippen molar-refractivity contribution < 1.29 is 13.2 Å². The summed E-state index contributed by atoms with van der Waals surface area (Å²) < 4.78 is 36.6. The van der Waals surface area contributed by atoms with E-state index in [0.717, 1.165) is 6.42 Å². The van der Waals surface area contributed by atoms with E-state index in [0.29, 0.717) is 13.1 Å². The van der Waals surface area contributed by atoms with Crippen molar-refractivity contribution in [2.45, 2.75) is 12.6 Å². The molecule has 1 saturated carbocycles. The molecule has 1 aliphatic carbocycles. The average Bonchev–Trinajstić information content (AvgIpc) is 1.85. The van der Waals surface area contributed by atoms with Crippen molar-refractivity contribution in [3.05, 3.63) is 0 Å². The van der Waals surface area contributed by atoms with Crippen LogP contribution in [0.15, 0.2) is 0 Å². The minimum absolute atomic E-state index is 0.131. The average molecular weight is 165 g/mol. The van der Waals surface area contributed by atoms with E-state index in [1.165, 1.54) is 0 Å². The summed E-state index contributed by atoms with van der Waals surface area (Å²) in [5, 5.41) is 2.99. The first kappa shape index (κ1) is 7.40. The fraction of sp³-hybridized carbons (Fsp3) is 1.00. The quantitative estimate of drug-likeness (QED) is 0.572. The van der Waals surface area contributed by atoms with Gasteiger partial charge in [0.1, 0.15) is 0 Å². The molecule has 2 heterocycles. The van der Waals surface area contributed by atoms with Crippen LogP contribution in [0.4, 0.5) is 13.2 Å². The standard InChI is InChI=1S/C7H10F3N/c8-7(9,10)6-4-1-5(6)3-11-2-4/h4-6,11H,1-3H2. The van der Waals surface area contributed by atoms with Gasteiger partial charge in [-0.05, 0) is 31.3 Å². The highest BCUT2D eigenvalue weighted by Crippen LogP contribution is 2.51. The van der Waals surface area contributed by atoms with Crippen LogP contribution in [0, 0.1) is 17.8 Å². The van der Waals surface area contributed by atoms with Crippen LogP contribution < -0.4 is 5.32 Å². The van der Waals surface area contributed by atoms with Crippen LogP contribution >= 0.6 is 0 Å². The summed E-state index contributed by atoms with van der Waals surface area (Å²) in [6.45, 7) is 1.11. The lowest BCUT2D eigenvalue weighted by Gasteiger charge is -2.50. The Labute approximate surface area is 63.0 Å². The number of hydrogen-bond acceptors (Lipinski definition) is 1. The van der Waals surface area contributed by atoms with Crippen molar-refractivity contribution in [1.82, 2.24) is 5.32 Å². The van der Waals surface area contributed by atoms with Gasteiger partial charge in [0.05, 0.1) is 5.92 Å². The molecule has 3 rings (SSSR count). The summed E-state index contributed by atoms with van der Waals surface area (Å²) in [5.41, 5.74) is 0. The van der Waals surface area contributed by atoms with Gasteiger partial charge in [-0.2, -0.15) is 13.2 Å². The number of fused-ring (bicyclic) bond motifs is 2. The largest absolute Gasteiger partial charge is 0.392 e. The molecule has 11 heavy (non-hydrogen) atoms. The maximum atomic E-state index is 12.2. The Balaban J connectivity index is 2.06. The predicted molar refractivity (Wildman–Crippen MR) is 34.0 cm³/mol. The number of rotatable bonds is 0. The Kier molecular flexibility index (Phi) is 1.43. The third-order valence-electron chi connectivity index (χ3n) is 2.81. The third-order valence-corrected chi connectivity index (χ3v) is 2.81. The first-order valence-electron chi connectivity index (χ1n) is 3.86. The second-order valence-electron chi connectivity index (χ2n) is 3.48. The molecule has 2 bridgehead atoms. The van der Waals surface area contributed by atoms with Gasteiger partial charge in [0.25, 0.3) is 0 Å². The van der Waals surface area contributed by atoms with E-state index in [2.05, 4.69) is 5.32 Å². The topological polar surface area (TPSA) is 12.0 Å². The van der Waals surface area contributed by atoms with E-state index in [9.17, 15) is 13.2 Å². The van der Waals surface area contributed by atoms with Crippen LogP contribution in [-0.2, 0) is 0 Å². The van der Waals surface area contributed by atoms with Gasteiger partial charge < -0.3 is 5.32 Å². The minimum atomic E-state index is -3.95. The molecule has 3 aliphatic rings. The van der Waals surface area contributed by atoms with Crippen molar-refractivity contribution in [2.75, 3.05) is 13.1 Å². The van der Waals surface area contributed by atoms with Gasteiger partial charge in [-0.25, -0.2) is 0 Å². The van der Waals surface area contributed by atoms with Gasteiger partial charge in [-0.15, -0.1) is 0 Å². The summed E-state index contributed by atoms with van der Waals surface area (Å²) in [5.74, 6) is -1.26. The second-order valence-corrected chi connectivity index (χ2v) is 3.48. The zero-order chi connectivity index (χ0) is 8.06. The number of piperidine rings is 2. The van der Waals surface area contributed by atoms with Crippen LogP contribution in [0.25, 0.3) is 0 Å². The highest BCUT2D eigenvalue weighted by Gasteiger charge is 2.57. The van der Waals surface area contributed by atoms with Crippen molar-refractivity contribution in [3.63, 3.8) is 0 Å². The van der Waals surface area contributed by atoms with E-state index in [4.69, 9.17) is 0 Å². The highest BCUT2D eigenvalue weighted by atomic mass is 19.4. The molecule has 2 atom stereocenters. The number of halogens is 3. The van der Waals surface area contributed by atoms with Gasteiger partial charge in [0.2, 0.25) is 0 Å². The molecule has 4 heteroatoms. The van der Waals surface area contributed by atoms with Crippen molar-refractivity contribution >= 4 is 0 Å². The normalized spacial score (nSPS) is 43.4. The lowest BCUT2D eigenvalue weighted by Crippen LogP contribution is -2.58. The monoisotopic (exact) mass is 165 g/mol. The second kappa shape index (κ2) is 2.12. The Morgan fingerprint density at radius 3 is 1.91 bits per heavy atom. The smallest absolute Gasteiger partial charge is 0.316 e. The predicted octanol–water partition coefficient (Wildman–Crippen LogP) is 1.40. The van der Waals surface area contributed by atoms with Crippen LogP contribution in [0.2, 0.25) is 0 Å². The lowest BCUT2D eigenvalue weighted by atomic mass is 9.62. The van der Waals surface area contributed by atoms with Crippen LogP contribution in [-0.4, -0.2) is 19.3 Å². The van der Waals surface area contributed by atoms with Crippen molar-refractivity contribution in [2.24, 2.45) is 17.8 Å². The Hall–Kier alpha value is -0.250. The Morgan fingerprint density at radius 2 is 1.64 bits per heavy atom. The Bertz CT molecular complexity index is 152. The van der Waals surface area contributed by atoms with Crippen LogP contribution in [0.3, 0.4) is 0 Å². The molecular formula is C7H10F3N. The van der Waals surface area contributed by atoms with Crippen molar-refractivity contribution in [1.29, 1.82) is 0 Å². The fourth-order valence-electron chi connectivity index (χ4n) is 2.28. The molecule has 0 aromatic heterocycles. The SMILES string of the molecule is FC(F)(F)C1C2CNCC1C2. The molecule has 1 N–H and O–H groups in total. The minimum Gasteiger partial charge on any atom is -0.316 e. The molecule has 3 fully saturated rings. The van der Waals surface area contributed by atoms with E-state index < -0.39 is 12.1 Å². The van der Waals surface area contributed by atoms with Crippen LogP contribution in [0.1, 0.15) is 6.42 Å². The molecule has 0 amide bonds. The zero-order valence-electron chi connectivity index (χ0n) is 5.99. The molecule has 0 aromatic rings. The summed E-state index contributed by atoms with van der Waals surface area (Å²) in [7, 11) is 0. The van der Waals surface area contributed by atoms with Crippen molar-refractivity contribution in [3.8, 4) is 0 Å². The first-order valence-corrected chi connectivity index (χ1v) is 3.86. The van der Waals surface area contributed by atoms with Gasteiger partial charge in [-0.3, -0.25) is 0 Å². The number of alkyl halides is 3. The highest BCUT2D eigenvalue weighted by molar-refractivity contribution is 4.98.